The average Bonchev–Trinajstić information content (AvgIpc) is 2.70. The number of rotatable bonds is 5. The van der Waals surface area contributed by atoms with E-state index in [0.29, 0.717) is 6.42 Å². The summed E-state index contributed by atoms with van der Waals surface area (Å²) in [5.41, 5.74) is 2.66. The maximum Gasteiger partial charge on any atom is 0.219 e. The maximum atomic E-state index is 11.2. The molecular formula is C15H19ClN2OS. The molecule has 1 aliphatic heterocycles. The fraction of sp³-hybridized carbons (Fsp3) is 0.467. The lowest BCUT2D eigenvalue weighted by molar-refractivity contribution is -0.120. The Hall–Kier alpha value is -1.00. The molecule has 0 saturated heterocycles. The molecule has 2 rings (SSSR count). The molecule has 1 heterocycles. The first-order valence-corrected chi connectivity index (χ1v) is 8.20. The minimum Gasteiger partial charge on any atom is -0.359 e. The fourth-order valence-corrected chi connectivity index (χ4v) is 3.67. The van der Waals surface area contributed by atoms with Gasteiger partial charge in [0.15, 0.2) is 0 Å². The molecule has 0 spiro atoms. The first kappa shape index (κ1) is 15.4. The number of hydrogen-bond acceptors (Lipinski definition) is 3. The Morgan fingerprint density at radius 3 is 3.15 bits per heavy atom. The monoisotopic (exact) mass is 310 g/mol. The number of aliphatic imine (C=N–C) groups is 1. The number of benzene rings is 1. The number of halogens is 1. The van der Waals surface area contributed by atoms with Gasteiger partial charge in [0, 0.05) is 37.5 Å². The summed E-state index contributed by atoms with van der Waals surface area (Å²) < 4.78 is 0. The van der Waals surface area contributed by atoms with E-state index in [-0.39, 0.29) is 5.91 Å². The van der Waals surface area contributed by atoms with Crippen molar-refractivity contribution in [3.63, 3.8) is 0 Å². The number of amides is 1. The molecule has 0 radical (unpaired) electrons. The van der Waals surface area contributed by atoms with Gasteiger partial charge in [0.05, 0.1) is 5.02 Å². The summed E-state index contributed by atoms with van der Waals surface area (Å²) in [7, 11) is 1.67. The molecule has 0 aromatic heterocycles. The first-order valence-electron chi connectivity index (χ1n) is 6.84. The Balaban J connectivity index is 2.02. The molecule has 1 aliphatic rings. The van der Waals surface area contributed by atoms with E-state index in [4.69, 9.17) is 11.6 Å². The molecule has 1 aromatic rings. The van der Waals surface area contributed by atoms with Crippen LogP contribution in [0, 0.1) is 0 Å². The first-order chi connectivity index (χ1) is 9.72. The molecule has 1 aromatic carbocycles. The average molecular weight is 311 g/mol. The third kappa shape index (κ3) is 4.00. The van der Waals surface area contributed by atoms with Gasteiger partial charge in [-0.1, -0.05) is 17.7 Å². The van der Waals surface area contributed by atoms with Crippen LogP contribution in [0.4, 0.5) is 0 Å². The van der Waals surface area contributed by atoms with Gasteiger partial charge in [-0.2, -0.15) is 0 Å². The Morgan fingerprint density at radius 1 is 1.50 bits per heavy atom. The number of thioether (sulfide) groups is 1. The Morgan fingerprint density at radius 2 is 2.35 bits per heavy atom. The minimum absolute atomic E-state index is 0.0944. The fourth-order valence-electron chi connectivity index (χ4n) is 2.22. The summed E-state index contributed by atoms with van der Waals surface area (Å²) in [6.45, 7) is 0.832. The molecule has 20 heavy (non-hydrogen) atoms. The topological polar surface area (TPSA) is 41.5 Å². The quantitative estimate of drug-likeness (QED) is 0.670. The van der Waals surface area contributed by atoms with Crippen molar-refractivity contribution in [1.82, 2.24) is 5.32 Å². The molecule has 0 bridgehead atoms. The van der Waals surface area contributed by atoms with Gasteiger partial charge < -0.3 is 5.32 Å². The number of nitrogens with one attached hydrogen (secondary N) is 1. The molecule has 108 valence electrons. The van der Waals surface area contributed by atoms with Gasteiger partial charge in [-0.15, -0.1) is 11.8 Å². The summed E-state index contributed by atoms with van der Waals surface area (Å²) in [5, 5.41) is 3.46. The number of carbonyl (C=O) groups excluding carboxylic acids is 1. The molecule has 0 aliphatic carbocycles. The van der Waals surface area contributed by atoms with Crippen LogP contribution < -0.4 is 5.32 Å². The second kappa shape index (κ2) is 7.70. The SMILES string of the molecule is CNC(=O)CCCSc1c(Cl)ccc2c1CCN=CC2. The predicted molar refractivity (Wildman–Crippen MR) is 86.2 cm³/mol. The summed E-state index contributed by atoms with van der Waals surface area (Å²) in [4.78, 5) is 16.7. The highest BCUT2D eigenvalue weighted by atomic mass is 35.5. The van der Waals surface area contributed by atoms with Crippen molar-refractivity contribution in [3.8, 4) is 0 Å². The molecule has 5 heteroatoms. The summed E-state index contributed by atoms with van der Waals surface area (Å²) >= 11 is 8.10. The lowest BCUT2D eigenvalue weighted by atomic mass is 10.0. The van der Waals surface area contributed by atoms with Crippen molar-refractivity contribution >= 4 is 35.5 Å². The van der Waals surface area contributed by atoms with E-state index in [2.05, 4.69) is 16.4 Å². The van der Waals surface area contributed by atoms with Gasteiger partial charge >= 0.3 is 0 Å². The zero-order valence-corrected chi connectivity index (χ0v) is 13.2. The third-order valence-electron chi connectivity index (χ3n) is 3.31. The predicted octanol–water partition coefficient (Wildman–Crippen LogP) is 3.13. The van der Waals surface area contributed by atoms with Crippen molar-refractivity contribution in [3.05, 3.63) is 28.3 Å². The largest absolute Gasteiger partial charge is 0.359 e. The van der Waals surface area contributed by atoms with Crippen molar-refractivity contribution in [2.45, 2.75) is 30.6 Å². The lowest BCUT2D eigenvalue weighted by Crippen LogP contribution is -2.17. The van der Waals surface area contributed by atoms with Crippen LogP contribution in [0.3, 0.4) is 0 Å². The highest BCUT2D eigenvalue weighted by Gasteiger charge is 2.14. The molecule has 1 N–H and O–H groups in total. The molecular weight excluding hydrogens is 292 g/mol. The van der Waals surface area contributed by atoms with Crippen LogP contribution >= 0.6 is 23.4 Å². The lowest BCUT2D eigenvalue weighted by Gasteiger charge is -2.13. The number of carbonyl (C=O) groups is 1. The summed E-state index contributed by atoms with van der Waals surface area (Å²) in [6, 6.07) is 4.07. The van der Waals surface area contributed by atoms with E-state index >= 15 is 0 Å². The highest BCUT2D eigenvalue weighted by Crippen LogP contribution is 2.34. The van der Waals surface area contributed by atoms with Gasteiger partial charge in [0.25, 0.3) is 0 Å². The van der Waals surface area contributed by atoms with Crippen LogP contribution in [-0.4, -0.2) is 31.5 Å². The molecule has 0 unspecified atom stereocenters. The normalized spacial score (nSPS) is 13.7. The zero-order valence-electron chi connectivity index (χ0n) is 11.6. The van der Waals surface area contributed by atoms with Crippen molar-refractivity contribution < 1.29 is 4.79 Å². The van der Waals surface area contributed by atoms with E-state index in [1.165, 1.54) is 16.0 Å². The zero-order chi connectivity index (χ0) is 14.4. The minimum atomic E-state index is 0.0944. The summed E-state index contributed by atoms with van der Waals surface area (Å²) in [6.07, 6.45) is 5.25. The van der Waals surface area contributed by atoms with Gasteiger partial charge in [0.1, 0.15) is 0 Å². The van der Waals surface area contributed by atoms with Gasteiger partial charge in [-0.25, -0.2) is 0 Å². The second-order valence-corrected chi connectivity index (χ2v) is 6.19. The van der Waals surface area contributed by atoms with Crippen LogP contribution in [0.1, 0.15) is 24.0 Å². The third-order valence-corrected chi connectivity index (χ3v) is 4.99. The van der Waals surface area contributed by atoms with Crippen LogP contribution in [0.5, 0.6) is 0 Å². The van der Waals surface area contributed by atoms with Crippen molar-refractivity contribution in [2.75, 3.05) is 19.3 Å². The molecule has 1 amide bonds. The van der Waals surface area contributed by atoms with Crippen LogP contribution in [0.2, 0.25) is 5.02 Å². The van der Waals surface area contributed by atoms with E-state index in [1.54, 1.807) is 18.8 Å². The Labute approximate surface area is 129 Å². The second-order valence-electron chi connectivity index (χ2n) is 4.68. The summed E-state index contributed by atoms with van der Waals surface area (Å²) in [5.74, 6) is 1.00. The van der Waals surface area contributed by atoms with E-state index in [1.807, 2.05) is 12.3 Å². The van der Waals surface area contributed by atoms with E-state index in [9.17, 15) is 4.79 Å². The van der Waals surface area contributed by atoms with Gasteiger partial charge in [0.2, 0.25) is 5.91 Å². The smallest absolute Gasteiger partial charge is 0.219 e. The van der Waals surface area contributed by atoms with Gasteiger partial charge in [-0.3, -0.25) is 9.79 Å². The maximum absolute atomic E-state index is 11.2. The van der Waals surface area contributed by atoms with Crippen molar-refractivity contribution in [2.24, 2.45) is 4.99 Å². The van der Waals surface area contributed by atoms with E-state index in [0.717, 1.165) is 36.6 Å². The molecule has 0 fully saturated rings. The molecule has 0 saturated carbocycles. The number of fused-ring (bicyclic) bond motifs is 1. The van der Waals surface area contributed by atoms with Crippen LogP contribution in [0.25, 0.3) is 0 Å². The van der Waals surface area contributed by atoms with Crippen LogP contribution in [-0.2, 0) is 17.6 Å². The molecule has 0 atom stereocenters. The van der Waals surface area contributed by atoms with Crippen molar-refractivity contribution in [1.29, 1.82) is 0 Å². The Bertz CT molecular complexity index is 517. The van der Waals surface area contributed by atoms with Crippen LogP contribution in [0.15, 0.2) is 22.0 Å². The Kier molecular flexibility index (Phi) is 5.92. The standard InChI is InChI=1S/C15H19ClN2OS/c1-17-14(19)3-2-10-20-15-12-7-9-18-8-6-11(12)4-5-13(15)16/h4-5,8H,2-3,6-7,9-10H2,1H3,(H,17,19). The highest BCUT2D eigenvalue weighted by molar-refractivity contribution is 7.99. The van der Waals surface area contributed by atoms with Gasteiger partial charge in [-0.05, 0) is 35.8 Å². The molecule has 3 nitrogen and oxygen atoms in total. The number of hydrogen-bond donors (Lipinski definition) is 1. The number of nitrogens with zero attached hydrogens (tertiary/aromatic N) is 1. The van der Waals surface area contributed by atoms with E-state index < -0.39 is 0 Å².